The first-order chi connectivity index (χ1) is 8.36. The van der Waals surface area contributed by atoms with Crippen molar-refractivity contribution >= 4 is 0 Å². The third-order valence-corrected chi connectivity index (χ3v) is 3.72. The van der Waals surface area contributed by atoms with Crippen molar-refractivity contribution in [1.82, 2.24) is 15.1 Å². The van der Waals surface area contributed by atoms with Gasteiger partial charge in [-0.3, -0.25) is 4.90 Å². The molecular formula is C14H31N3O. The molecule has 0 aromatic rings. The molecule has 0 aliphatic carbocycles. The summed E-state index contributed by atoms with van der Waals surface area (Å²) in [6, 6.07) is 0.949. The van der Waals surface area contributed by atoms with E-state index in [4.69, 9.17) is 0 Å². The fourth-order valence-electron chi connectivity index (χ4n) is 2.94. The molecule has 2 unspecified atom stereocenters. The highest BCUT2D eigenvalue weighted by Crippen LogP contribution is 2.14. The molecule has 18 heavy (non-hydrogen) atoms. The number of aliphatic hydroxyl groups excluding tert-OH is 1. The van der Waals surface area contributed by atoms with Crippen LogP contribution in [0.1, 0.15) is 34.1 Å². The lowest BCUT2D eigenvalue weighted by atomic mass is 10.0. The molecule has 108 valence electrons. The van der Waals surface area contributed by atoms with E-state index in [0.717, 1.165) is 19.6 Å². The number of nitrogens with one attached hydrogen (secondary N) is 1. The molecule has 1 rings (SSSR count). The second kappa shape index (κ2) is 6.85. The van der Waals surface area contributed by atoms with Gasteiger partial charge in [-0.15, -0.1) is 0 Å². The van der Waals surface area contributed by atoms with Gasteiger partial charge < -0.3 is 15.3 Å². The van der Waals surface area contributed by atoms with Crippen molar-refractivity contribution in [2.45, 2.75) is 51.7 Å². The molecule has 0 bridgehead atoms. The van der Waals surface area contributed by atoms with Crippen LogP contribution in [0.5, 0.6) is 0 Å². The van der Waals surface area contributed by atoms with E-state index < -0.39 is 0 Å². The summed E-state index contributed by atoms with van der Waals surface area (Å²) in [7, 11) is 2.19. The summed E-state index contributed by atoms with van der Waals surface area (Å²) in [4.78, 5) is 4.91. The summed E-state index contributed by atoms with van der Waals surface area (Å²) in [6.45, 7) is 13.2. The Morgan fingerprint density at radius 2 is 2.06 bits per heavy atom. The predicted molar refractivity (Wildman–Crippen MR) is 76.9 cm³/mol. The van der Waals surface area contributed by atoms with E-state index in [1.165, 1.54) is 13.0 Å². The molecule has 1 aliphatic heterocycles. The largest absolute Gasteiger partial charge is 0.394 e. The minimum atomic E-state index is -0.203. The van der Waals surface area contributed by atoms with Crippen molar-refractivity contribution in [3.8, 4) is 0 Å². The molecule has 2 atom stereocenters. The van der Waals surface area contributed by atoms with Gasteiger partial charge in [0.05, 0.1) is 12.1 Å². The minimum absolute atomic E-state index is 0.185. The summed E-state index contributed by atoms with van der Waals surface area (Å²) in [5.74, 6) is 0. The lowest BCUT2D eigenvalue weighted by Crippen LogP contribution is -2.58. The average Bonchev–Trinajstić information content (AvgIpc) is 2.40. The molecule has 0 spiro atoms. The zero-order chi connectivity index (χ0) is 13.8. The van der Waals surface area contributed by atoms with E-state index in [-0.39, 0.29) is 12.1 Å². The van der Waals surface area contributed by atoms with E-state index >= 15 is 0 Å². The van der Waals surface area contributed by atoms with Crippen LogP contribution < -0.4 is 5.32 Å². The quantitative estimate of drug-likeness (QED) is 0.763. The Hall–Kier alpha value is -0.160. The second-order valence-electron chi connectivity index (χ2n) is 6.45. The molecule has 1 saturated heterocycles. The number of rotatable bonds is 5. The molecule has 0 aromatic carbocycles. The Bertz CT molecular complexity index is 247. The van der Waals surface area contributed by atoms with Crippen LogP contribution in [0.2, 0.25) is 0 Å². The first kappa shape index (κ1) is 15.9. The van der Waals surface area contributed by atoms with Crippen molar-refractivity contribution in [3.05, 3.63) is 0 Å². The van der Waals surface area contributed by atoms with Gasteiger partial charge >= 0.3 is 0 Å². The zero-order valence-electron chi connectivity index (χ0n) is 12.7. The van der Waals surface area contributed by atoms with Crippen LogP contribution in [0.15, 0.2) is 0 Å². The van der Waals surface area contributed by atoms with Crippen LogP contribution in [0.3, 0.4) is 0 Å². The monoisotopic (exact) mass is 257 g/mol. The van der Waals surface area contributed by atoms with Crippen LogP contribution in [-0.2, 0) is 0 Å². The third-order valence-electron chi connectivity index (χ3n) is 3.72. The Labute approximate surface area is 112 Å². The minimum Gasteiger partial charge on any atom is -0.394 e. The number of likely N-dealkylation sites (N-methyl/N-ethyl adjacent to an activating group) is 1. The Morgan fingerprint density at radius 1 is 1.39 bits per heavy atom. The van der Waals surface area contributed by atoms with Crippen LogP contribution >= 0.6 is 0 Å². The maximum Gasteiger partial charge on any atom is 0.0623 e. The molecular weight excluding hydrogens is 226 g/mol. The highest BCUT2D eigenvalue weighted by Gasteiger charge is 2.30. The predicted octanol–water partition coefficient (Wildman–Crippen LogP) is 0.761. The van der Waals surface area contributed by atoms with Crippen LogP contribution in [-0.4, -0.2) is 72.4 Å². The van der Waals surface area contributed by atoms with Crippen LogP contribution in [0.25, 0.3) is 0 Å². The molecule has 0 saturated carbocycles. The van der Waals surface area contributed by atoms with Gasteiger partial charge in [0.2, 0.25) is 0 Å². The summed E-state index contributed by atoms with van der Waals surface area (Å²) in [5, 5.41) is 13.2. The lowest BCUT2D eigenvalue weighted by Gasteiger charge is -2.38. The van der Waals surface area contributed by atoms with Gasteiger partial charge in [-0.05, 0) is 40.4 Å². The SMILES string of the molecule is CC(C)NC(C)(CO)CN1CCCN(C)CC1C. The lowest BCUT2D eigenvalue weighted by molar-refractivity contribution is 0.0938. The van der Waals surface area contributed by atoms with Crippen molar-refractivity contribution in [3.63, 3.8) is 0 Å². The van der Waals surface area contributed by atoms with E-state index in [1.807, 2.05) is 0 Å². The molecule has 0 aromatic heterocycles. The number of hydrogen-bond acceptors (Lipinski definition) is 4. The van der Waals surface area contributed by atoms with Crippen LogP contribution in [0, 0.1) is 0 Å². The molecule has 4 nitrogen and oxygen atoms in total. The summed E-state index contributed by atoms with van der Waals surface area (Å²) in [5.41, 5.74) is -0.203. The van der Waals surface area contributed by atoms with Crippen molar-refractivity contribution in [2.24, 2.45) is 0 Å². The topological polar surface area (TPSA) is 38.7 Å². The first-order valence-corrected chi connectivity index (χ1v) is 7.17. The Balaban J connectivity index is 2.62. The molecule has 1 fully saturated rings. The number of hydrogen-bond donors (Lipinski definition) is 2. The summed E-state index contributed by atoms with van der Waals surface area (Å²) < 4.78 is 0. The highest BCUT2D eigenvalue weighted by molar-refractivity contribution is 4.90. The van der Waals surface area contributed by atoms with Gasteiger partial charge in [0.1, 0.15) is 0 Å². The molecule has 0 amide bonds. The molecule has 2 N–H and O–H groups in total. The average molecular weight is 257 g/mol. The fourth-order valence-corrected chi connectivity index (χ4v) is 2.94. The summed E-state index contributed by atoms with van der Waals surface area (Å²) in [6.07, 6.45) is 1.21. The molecule has 1 aliphatic rings. The van der Waals surface area contributed by atoms with E-state index in [9.17, 15) is 5.11 Å². The Kier molecular flexibility index (Phi) is 6.05. The molecule has 1 heterocycles. The van der Waals surface area contributed by atoms with Gasteiger partial charge in [0, 0.05) is 25.2 Å². The van der Waals surface area contributed by atoms with E-state index in [0.29, 0.717) is 12.1 Å². The highest BCUT2D eigenvalue weighted by atomic mass is 16.3. The Morgan fingerprint density at radius 3 is 2.61 bits per heavy atom. The van der Waals surface area contributed by atoms with Gasteiger partial charge in [-0.25, -0.2) is 0 Å². The first-order valence-electron chi connectivity index (χ1n) is 7.17. The number of aliphatic hydroxyl groups is 1. The second-order valence-corrected chi connectivity index (χ2v) is 6.45. The van der Waals surface area contributed by atoms with Gasteiger partial charge in [-0.2, -0.15) is 0 Å². The standard InChI is InChI=1S/C14H31N3O/c1-12(2)15-14(4,11-18)10-17-8-6-7-16(5)9-13(17)3/h12-13,15,18H,6-11H2,1-5H3. The normalized spacial score (nSPS) is 27.2. The molecule has 4 heteroatoms. The van der Waals surface area contributed by atoms with Crippen LogP contribution in [0.4, 0.5) is 0 Å². The zero-order valence-corrected chi connectivity index (χ0v) is 12.7. The van der Waals surface area contributed by atoms with Gasteiger partial charge in [0.25, 0.3) is 0 Å². The maximum absolute atomic E-state index is 9.67. The summed E-state index contributed by atoms with van der Waals surface area (Å²) >= 11 is 0. The fraction of sp³-hybridized carbons (Fsp3) is 1.00. The van der Waals surface area contributed by atoms with Crippen molar-refractivity contribution in [2.75, 3.05) is 39.8 Å². The van der Waals surface area contributed by atoms with E-state index in [1.54, 1.807) is 0 Å². The van der Waals surface area contributed by atoms with Crippen molar-refractivity contribution in [1.29, 1.82) is 0 Å². The van der Waals surface area contributed by atoms with Gasteiger partial charge in [-0.1, -0.05) is 13.8 Å². The third kappa shape index (κ3) is 4.84. The van der Waals surface area contributed by atoms with Gasteiger partial charge in [0.15, 0.2) is 0 Å². The number of nitrogens with zero attached hydrogens (tertiary/aromatic N) is 2. The van der Waals surface area contributed by atoms with E-state index in [2.05, 4.69) is 49.9 Å². The smallest absolute Gasteiger partial charge is 0.0623 e. The maximum atomic E-state index is 9.67. The van der Waals surface area contributed by atoms with Crippen molar-refractivity contribution < 1.29 is 5.11 Å². The molecule has 0 radical (unpaired) electrons.